The summed E-state index contributed by atoms with van der Waals surface area (Å²) in [6.45, 7) is 0. The predicted octanol–water partition coefficient (Wildman–Crippen LogP) is 2.98. The summed E-state index contributed by atoms with van der Waals surface area (Å²) in [5.41, 5.74) is 0. The van der Waals surface area contributed by atoms with Gasteiger partial charge in [-0.25, -0.2) is 0 Å². The zero-order valence-corrected chi connectivity index (χ0v) is 9.36. The highest BCUT2D eigenvalue weighted by Gasteiger charge is 2.21. The van der Waals surface area contributed by atoms with Gasteiger partial charge in [-0.3, -0.25) is 10.1 Å². The number of hydrogen-bond donors (Lipinski definition) is 1. The number of nitrogens with zero attached hydrogens (tertiary/aromatic N) is 1. The molecule has 1 atom stereocenters. The van der Waals surface area contributed by atoms with Gasteiger partial charge in [0, 0.05) is 0 Å². The second-order valence-electron chi connectivity index (χ2n) is 2.97. The lowest BCUT2D eigenvalue weighted by Gasteiger charge is -2.04. The lowest BCUT2D eigenvalue weighted by atomic mass is 10.2. The maximum Gasteiger partial charge on any atom is 0.433 e. The largest absolute Gasteiger partial charge is 0.433 e. The van der Waals surface area contributed by atoms with Crippen molar-refractivity contribution in [3.05, 3.63) is 49.4 Å². The Labute approximate surface area is 99.0 Å². The third-order valence-electron chi connectivity index (χ3n) is 1.96. The number of nitro groups is 1. The van der Waals surface area contributed by atoms with Gasteiger partial charge >= 0.3 is 5.88 Å². The average Bonchev–Trinajstić information content (AvgIpc) is 2.84. The minimum absolute atomic E-state index is 0.107. The van der Waals surface area contributed by atoms with Crippen LogP contribution in [0, 0.1) is 10.1 Å². The number of aliphatic hydroxyl groups excluding tert-OH is 1. The summed E-state index contributed by atoms with van der Waals surface area (Å²) in [5.74, 6) is -0.294. The first-order valence-electron chi connectivity index (χ1n) is 4.24. The van der Waals surface area contributed by atoms with Crippen LogP contribution in [0.25, 0.3) is 0 Å². The fraction of sp³-hybridized carbons (Fsp3) is 0.111. The van der Waals surface area contributed by atoms with Gasteiger partial charge in [0.2, 0.25) is 0 Å². The van der Waals surface area contributed by atoms with Crippen molar-refractivity contribution in [3.8, 4) is 0 Å². The van der Waals surface area contributed by atoms with Crippen molar-refractivity contribution in [1.82, 2.24) is 0 Å². The van der Waals surface area contributed by atoms with Crippen LogP contribution in [0.3, 0.4) is 0 Å². The third kappa shape index (κ3) is 1.95. The molecule has 1 unspecified atom stereocenters. The predicted molar refractivity (Wildman–Crippen MR) is 58.8 cm³/mol. The van der Waals surface area contributed by atoms with Gasteiger partial charge in [0.1, 0.15) is 16.8 Å². The van der Waals surface area contributed by atoms with Crippen molar-refractivity contribution in [2.75, 3.05) is 0 Å². The second kappa shape index (κ2) is 4.25. The van der Waals surface area contributed by atoms with E-state index in [1.165, 1.54) is 23.5 Å². The van der Waals surface area contributed by atoms with E-state index in [-0.39, 0.29) is 5.76 Å². The molecule has 0 saturated carbocycles. The molecule has 0 amide bonds. The zero-order chi connectivity index (χ0) is 11.7. The summed E-state index contributed by atoms with van der Waals surface area (Å²) in [6, 6.07) is 4.20. The van der Waals surface area contributed by atoms with E-state index in [2.05, 4.69) is 0 Å². The van der Waals surface area contributed by atoms with Crippen LogP contribution in [0.4, 0.5) is 5.88 Å². The molecule has 0 radical (unpaired) electrons. The normalized spacial score (nSPS) is 12.6. The number of halogens is 1. The lowest BCUT2D eigenvalue weighted by molar-refractivity contribution is -0.402. The molecule has 84 valence electrons. The van der Waals surface area contributed by atoms with Crippen LogP contribution in [0.2, 0.25) is 5.02 Å². The molecule has 0 aliphatic heterocycles. The van der Waals surface area contributed by atoms with Crippen LogP contribution in [0.5, 0.6) is 0 Å². The Bertz CT molecular complexity index is 521. The summed E-state index contributed by atoms with van der Waals surface area (Å²) in [7, 11) is 0. The summed E-state index contributed by atoms with van der Waals surface area (Å²) in [4.78, 5) is 10.2. The maximum atomic E-state index is 10.4. The Morgan fingerprint density at radius 1 is 1.50 bits per heavy atom. The van der Waals surface area contributed by atoms with Crippen LogP contribution in [0.15, 0.2) is 28.0 Å². The molecular weight excluding hydrogens is 254 g/mol. The number of hydrogen-bond acceptors (Lipinski definition) is 5. The zero-order valence-electron chi connectivity index (χ0n) is 7.79. The van der Waals surface area contributed by atoms with Gasteiger partial charge < -0.3 is 9.52 Å². The number of rotatable bonds is 3. The third-order valence-corrected chi connectivity index (χ3v) is 3.37. The molecule has 2 aromatic rings. The van der Waals surface area contributed by atoms with E-state index >= 15 is 0 Å². The van der Waals surface area contributed by atoms with Crippen LogP contribution >= 0.6 is 22.9 Å². The molecule has 16 heavy (non-hydrogen) atoms. The van der Waals surface area contributed by atoms with Gasteiger partial charge in [-0.05, 0) is 17.5 Å². The number of thiophene rings is 1. The van der Waals surface area contributed by atoms with E-state index in [1.54, 1.807) is 11.4 Å². The van der Waals surface area contributed by atoms with Crippen molar-refractivity contribution in [2.24, 2.45) is 0 Å². The van der Waals surface area contributed by atoms with Gasteiger partial charge in [0.25, 0.3) is 0 Å². The van der Waals surface area contributed by atoms with Gasteiger partial charge in [-0.1, -0.05) is 11.6 Å². The van der Waals surface area contributed by atoms with Crippen molar-refractivity contribution in [2.45, 2.75) is 6.10 Å². The molecule has 0 spiro atoms. The first-order valence-corrected chi connectivity index (χ1v) is 5.50. The molecule has 0 aliphatic carbocycles. The van der Waals surface area contributed by atoms with Crippen molar-refractivity contribution < 1.29 is 14.4 Å². The first-order chi connectivity index (χ1) is 7.59. The monoisotopic (exact) mass is 259 g/mol. The van der Waals surface area contributed by atoms with Crippen molar-refractivity contribution in [1.29, 1.82) is 0 Å². The van der Waals surface area contributed by atoms with Crippen LogP contribution in [-0.2, 0) is 0 Å². The molecule has 5 nitrogen and oxygen atoms in total. The minimum atomic E-state index is -1.07. The van der Waals surface area contributed by atoms with Gasteiger partial charge in [0.15, 0.2) is 0 Å². The molecule has 7 heteroatoms. The molecule has 2 aromatic heterocycles. The minimum Gasteiger partial charge on any atom is -0.403 e. The van der Waals surface area contributed by atoms with E-state index in [1.807, 2.05) is 0 Å². The highest BCUT2D eigenvalue weighted by Crippen LogP contribution is 2.34. The summed E-state index contributed by atoms with van der Waals surface area (Å²) in [6.07, 6.45) is -1.07. The number of furan rings is 1. The molecule has 0 aliphatic rings. The molecule has 0 saturated heterocycles. The molecule has 0 aromatic carbocycles. The van der Waals surface area contributed by atoms with E-state index in [9.17, 15) is 15.2 Å². The van der Waals surface area contributed by atoms with Gasteiger partial charge in [0.05, 0.1) is 16.0 Å². The molecule has 1 N–H and O–H groups in total. The average molecular weight is 260 g/mol. The van der Waals surface area contributed by atoms with E-state index in [0.717, 1.165) is 0 Å². The van der Waals surface area contributed by atoms with Gasteiger partial charge in [-0.15, -0.1) is 11.3 Å². The van der Waals surface area contributed by atoms with E-state index < -0.39 is 16.9 Å². The Kier molecular flexibility index (Phi) is 2.95. The first kappa shape index (κ1) is 11.1. The summed E-state index contributed by atoms with van der Waals surface area (Å²) < 4.78 is 4.88. The molecule has 2 heterocycles. The number of aliphatic hydroxyl groups is 1. The van der Waals surface area contributed by atoms with E-state index in [4.69, 9.17) is 16.0 Å². The van der Waals surface area contributed by atoms with Crippen LogP contribution in [-0.4, -0.2) is 10.0 Å². The molecule has 2 rings (SSSR count). The Hall–Kier alpha value is -1.37. The smallest absolute Gasteiger partial charge is 0.403 e. The summed E-state index contributed by atoms with van der Waals surface area (Å²) in [5, 5.41) is 22.4. The Morgan fingerprint density at radius 2 is 2.25 bits per heavy atom. The summed E-state index contributed by atoms with van der Waals surface area (Å²) >= 11 is 7.09. The Balaban J connectivity index is 2.31. The molecular formula is C9H6ClNO4S. The molecule has 0 bridgehead atoms. The highest BCUT2D eigenvalue weighted by molar-refractivity contribution is 7.10. The highest BCUT2D eigenvalue weighted by atomic mass is 35.5. The maximum absolute atomic E-state index is 10.4. The molecule has 0 fully saturated rings. The Morgan fingerprint density at radius 3 is 2.75 bits per heavy atom. The SMILES string of the molecule is O=[N+]([O-])c1ccc(C(O)c2sccc2Cl)o1. The standard InChI is InChI=1S/C9H6ClNO4S/c10-5-3-4-16-9(5)8(12)6-1-2-7(15-6)11(13)14/h1-4,8,12H. The fourth-order valence-corrected chi connectivity index (χ4v) is 2.37. The van der Waals surface area contributed by atoms with Crippen LogP contribution in [0.1, 0.15) is 16.7 Å². The lowest BCUT2D eigenvalue weighted by Crippen LogP contribution is -1.95. The van der Waals surface area contributed by atoms with Crippen molar-refractivity contribution in [3.63, 3.8) is 0 Å². The topological polar surface area (TPSA) is 76.5 Å². The van der Waals surface area contributed by atoms with Crippen molar-refractivity contribution >= 4 is 28.8 Å². The quantitative estimate of drug-likeness (QED) is 0.679. The second-order valence-corrected chi connectivity index (χ2v) is 4.32. The van der Waals surface area contributed by atoms with Crippen LogP contribution < -0.4 is 0 Å². The fourth-order valence-electron chi connectivity index (χ4n) is 1.22. The van der Waals surface area contributed by atoms with E-state index in [0.29, 0.717) is 9.90 Å². The van der Waals surface area contributed by atoms with Gasteiger partial charge in [-0.2, -0.15) is 0 Å².